The number of hydrazone groups is 1. The first-order valence-electron chi connectivity index (χ1n) is 8.69. The van der Waals surface area contributed by atoms with Crippen LogP contribution in [0.15, 0.2) is 74.4 Å². The van der Waals surface area contributed by atoms with Crippen molar-refractivity contribution in [1.82, 2.24) is 15.4 Å². The number of rotatable bonds is 7. The fourth-order valence-corrected chi connectivity index (χ4v) is 3.70. The molecule has 0 unspecified atom stereocenters. The third-order valence-corrected chi connectivity index (χ3v) is 5.14. The number of para-hydroxylation sites is 2. The summed E-state index contributed by atoms with van der Waals surface area (Å²) >= 11 is 13.2. The molecule has 0 saturated heterocycles. The number of furan rings is 1. The normalized spacial score (nSPS) is 11.3. The molecule has 0 fully saturated rings. The molecule has 0 aliphatic heterocycles. The highest BCUT2D eigenvalue weighted by Gasteiger charge is 2.08. The van der Waals surface area contributed by atoms with Gasteiger partial charge < -0.3 is 14.1 Å². The molecule has 0 bridgehead atoms. The van der Waals surface area contributed by atoms with Crippen molar-refractivity contribution in [2.24, 2.45) is 5.10 Å². The maximum Gasteiger partial charge on any atom is 0.277 e. The molecule has 2 aromatic heterocycles. The van der Waals surface area contributed by atoms with Gasteiger partial charge in [0.05, 0.1) is 22.3 Å². The van der Waals surface area contributed by atoms with Gasteiger partial charge in [0.25, 0.3) is 5.91 Å². The van der Waals surface area contributed by atoms with Crippen molar-refractivity contribution < 1.29 is 13.9 Å². The molecule has 0 atom stereocenters. The molecule has 2 heterocycles. The highest BCUT2D eigenvalue weighted by Crippen LogP contribution is 2.29. The fourth-order valence-electron chi connectivity index (χ4n) is 2.47. The number of imidazole rings is 1. The van der Waals surface area contributed by atoms with Crippen LogP contribution >= 0.6 is 35.0 Å². The number of amides is 1. The number of fused-ring (bicyclic) bond motifs is 1. The average Bonchev–Trinajstić information content (AvgIpc) is 3.33. The smallest absolute Gasteiger partial charge is 0.277 e. The third-order valence-electron chi connectivity index (χ3n) is 3.80. The number of aromatic nitrogens is 2. The van der Waals surface area contributed by atoms with E-state index in [0.29, 0.717) is 26.6 Å². The molecule has 0 saturated carbocycles. The van der Waals surface area contributed by atoms with E-state index >= 15 is 0 Å². The largest absolute Gasteiger partial charge is 0.482 e. The van der Waals surface area contributed by atoms with Gasteiger partial charge in [-0.3, -0.25) is 4.79 Å². The van der Waals surface area contributed by atoms with Crippen molar-refractivity contribution in [3.05, 3.63) is 70.4 Å². The molecule has 1 amide bonds. The summed E-state index contributed by atoms with van der Waals surface area (Å²) in [6.07, 6.45) is 1.40. The molecule has 152 valence electrons. The quantitative estimate of drug-likeness (QED) is 0.294. The summed E-state index contributed by atoms with van der Waals surface area (Å²) in [5.41, 5.74) is 4.20. The number of nitrogens with one attached hydrogen (secondary N) is 2. The molecule has 0 aliphatic carbocycles. The van der Waals surface area contributed by atoms with Crippen molar-refractivity contribution in [1.29, 1.82) is 0 Å². The van der Waals surface area contributed by atoms with E-state index in [9.17, 15) is 4.79 Å². The lowest BCUT2D eigenvalue weighted by atomic mass is 10.3. The minimum absolute atomic E-state index is 0.246. The maximum absolute atomic E-state index is 11.9. The van der Waals surface area contributed by atoms with Crippen molar-refractivity contribution in [2.45, 2.75) is 10.2 Å². The van der Waals surface area contributed by atoms with Gasteiger partial charge in [0.1, 0.15) is 11.5 Å². The number of benzene rings is 2. The summed E-state index contributed by atoms with van der Waals surface area (Å²) in [4.78, 5) is 19.6. The van der Waals surface area contributed by atoms with E-state index in [0.717, 1.165) is 16.2 Å². The second-order valence-electron chi connectivity index (χ2n) is 5.97. The van der Waals surface area contributed by atoms with Crippen LogP contribution in [0, 0.1) is 0 Å². The molecule has 30 heavy (non-hydrogen) atoms. The first kappa shape index (κ1) is 20.3. The second kappa shape index (κ2) is 9.25. The molecule has 4 rings (SSSR count). The maximum atomic E-state index is 11.9. The summed E-state index contributed by atoms with van der Waals surface area (Å²) < 4.78 is 11.0. The summed E-state index contributed by atoms with van der Waals surface area (Å²) in [5.74, 6) is 0.398. The first-order valence-corrected chi connectivity index (χ1v) is 10.3. The zero-order valence-corrected chi connectivity index (χ0v) is 17.6. The predicted molar refractivity (Wildman–Crippen MR) is 117 cm³/mol. The topological polar surface area (TPSA) is 92.5 Å². The zero-order valence-electron chi connectivity index (χ0n) is 15.3. The lowest BCUT2D eigenvalue weighted by Gasteiger charge is -2.06. The van der Waals surface area contributed by atoms with Gasteiger partial charge in [-0.1, -0.05) is 35.3 Å². The number of H-pyrrole nitrogens is 1. The Morgan fingerprint density at radius 2 is 2.10 bits per heavy atom. The Morgan fingerprint density at radius 3 is 2.93 bits per heavy atom. The molecule has 0 aliphatic rings. The monoisotopic (exact) mass is 460 g/mol. The van der Waals surface area contributed by atoms with Crippen LogP contribution < -0.4 is 10.2 Å². The van der Waals surface area contributed by atoms with Crippen LogP contribution in [0.3, 0.4) is 0 Å². The Morgan fingerprint density at radius 1 is 1.23 bits per heavy atom. The number of ether oxygens (including phenoxy) is 1. The molecule has 7 nitrogen and oxygen atoms in total. The summed E-state index contributed by atoms with van der Waals surface area (Å²) in [7, 11) is 0. The Kier molecular flexibility index (Phi) is 6.27. The molecule has 2 N–H and O–H groups in total. The van der Waals surface area contributed by atoms with E-state index < -0.39 is 5.91 Å². The first-order chi connectivity index (χ1) is 14.6. The summed E-state index contributed by atoms with van der Waals surface area (Å²) in [6, 6.07) is 16.1. The van der Waals surface area contributed by atoms with Crippen LogP contribution in [0.25, 0.3) is 11.0 Å². The van der Waals surface area contributed by atoms with Crippen LogP contribution in [0.1, 0.15) is 5.76 Å². The van der Waals surface area contributed by atoms with Gasteiger partial charge in [-0.15, -0.1) is 0 Å². The summed E-state index contributed by atoms with van der Waals surface area (Å²) in [5, 5.41) is 6.03. The van der Waals surface area contributed by atoms with E-state index in [1.807, 2.05) is 24.3 Å². The zero-order chi connectivity index (χ0) is 20.9. The average molecular weight is 461 g/mol. The van der Waals surface area contributed by atoms with Gasteiger partial charge in [0, 0.05) is 5.02 Å². The predicted octanol–water partition coefficient (Wildman–Crippen LogP) is 5.14. The number of aromatic amines is 1. The molecule has 2 aromatic carbocycles. The lowest BCUT2D eigenvalue weighted by molar-refractivity contribution is -0.123. The number of carbonyl (C=O) groups is 1. The number of hydrogen-bond acceptors (Lipinski definition) is 6. The Bertz CT molecular complexity index is 1190. The van der Waals surface area contributed by atoms with Gasteiger partial charge >= 0.3 is 0 Å². The highest BCUT2D eigenvalue weighted by molar-refractivity contribution is 7.99. The number of carbonyl (C=O) groups excluding carboxylic acids is 1. The molecular formula is C20H14Cl2N4O3S. The van der Waals surface area contributed by atoms with Crippen LogP contribution in [-0.2, 0) is 4.79 Å². The van der Waals surface area contributed by atoms with E-state index in [2.05, 4.69) is 20.5 Å². The van der Waals surface area contributed by atoms with Gasteiger partial charge in [-0.2, -0.15) is 5.10 Å². The van der Waals surface area contributed by atoms with Crippen molar-refractivity contribution >= 4 is 58.1 Å². The standard InChI is InChI=1S/C20H14Cl2N4O3S/c21-12-5-7-17(14(22)9-12)28-11-18(27)26-23-10-13-6-8-19(29-13)30-20-24-15-3-1-2-4-16(15)25-20/h1-10H,11H2,(H,24,25)(H,26,27). The Hall–Kier alpha value is -2.94. The van der Waals surface area contributed by atoms with Crippen molar-refractivity contribution in [2.75, 3.05) is 6.61 Å². The van der Waals surface area contributed by atoms with Crippen LogP contribution in [-0.4, -0.2) is 28.7 Å². The lowest BCUT2D eigenvalue weighted by Crippen LogP contribution is -2.24. The molecular weight excluding hydrogens is 447 g/mol. The Labute approximate surface area is 185 Å². The van der Waals surface area contributed by atoms with Crippen LogP contribution in [0.4, 0.5) is 0 Å². The molecule has 0 spiro atoms. The van der Waals surface area contributed by atoms with Gasteiger partial charge in [0.15, 0.2) is 16.9 Å². The highest BCUT2D eigenvalue weighted by atomic mass is 35.5. The molecule has 0 radical (unpaired) electrons. The minimum atomic E-state index is -0.444. The second-order valence-corrected chi connectivity index (χ2v) is 7.81. The number of halogens is 2. The Balaban J connectivity index is 1.28. The number of hydrogen-bond donors (Lipinski definition) is 2. The van der Waals surface area contributed by atoms with Crippen molar-refractivity contribution in [3.63, 3.8) is 0 Å². The van der Waals surface area contributed by atoms with Crippen molar-refractivity contribution in [3.8, 4) is 5.75 Å². The molecule has 10 heteroatoms. The van der Waals surface area contributed by atoms with Crippen LogP contribution in [0.2, 0.25) is 10.0 Å². The fraction of sp³-hybridized carbons (Fsp3) is 0.0500. The van der Waals surface area contributed by atoms with Gasteiger partial charge in [0.2, 0.25) is 0 Å². The minimum Gasteiger partial charge on any atom is -0.482 e. The number of nitrogens with zero attached hydrogens (tertiary/aromatic N) is 2. The summed E-state index contributed by atoms with van der Waals surface area (Å²) in [6.45, 7) is -0.246. The molecule has 4 aromatic rings. The third kappa shape index (κ3) is 5.15. The van der Waals surface area contributed by atoms with E-state index in [1.165, 1.54) is 24.0 Å². The van der Waals surface area contributed by atoms with E-state index in [-0.39, 0.29) is 6.61 Å². The van der Waals surface area contributed by atoms with Crippen LogP contribution in [0.5, 0.6) is 5.75 Å². The van der Waals surface area contributed by atoms with E-state index in [1.54, 1.807) is 24.3 Å². The van der Waals surface area contributed by atoms with Gasteiger partial charge in [-0.05, 0) is 54.2 Å². The van der Waals surface area contributed by atoms with E-state index in [4.69, 9.17) is 32.4 Å². The SMILES string of the molecule is O=C(COc1ccc(Cl)cc1Cl)NN=Cc1ccc(Sc2nc3ccccc3[nH]2)o1. The van der Waals surface area contributed by atoms with Gasteiger partial charge in [-0.25, -0.2) is 10.4 Å².